The number of aliphatic imine (C=N–C) groups is 1. The van der Waals surface area contributed by atoms with Crippen LogP contribution >= 0.6 is 24.0 Å². The molecule has 142 valence electrons. The van der Waals surface area contributed by atoms with Crippen LogP contribution in [0.4, 0.5) is 0 Å². The van der Waals surface area contributed by atoms with Crippen LogP contribution in [0.1, 0.15) is 45.4 Å². The highest BCUT2D eigenvalue weighted by atomic mass is 127. The molecule has 0 bridgehead atoms. The molecule has 0 aromatic rings. The molecule has 1 amide bonds. The van der Waals surface area contributed by atoms with E-state index in [2.05, 4.69) is 22.5 Å². The third kappa shape index (κ3) is 8.50. The van der Waals surface area contributed by atoms with Crippen molar-refractivity contribution in [3.8, 4) is 0 Å². The molecule has 1 aliphatic carbocycles. The standard InChI is InChI=1S/C17H34N4O2.HI/c1-5-6-11-18-16(19-13-15(22)21(2)3)20-14-17(8-7-9-17)10-12-23-4;/h5-14H2,1-4H3,(H2,18,19,20);1H. The Morgan fingerprint density at radius 3 is 2.50 bits per heavy atom. The maximum atomic E-state index is 11.7. The lowest BCUT2D eigenvalue weighted by atomic mass is 9.67. The highest BCUT2D eigenvalue weighted by molar-refractivity contribution is 14.0. The number of carbonyl (C=O) groups excluding carboxylic acids is 1. The molecule has 0 atom stereocenters. The van der Waals surface area contributed by atoms with Gasteiger partial charge in [-0.15, -0.1) is 24.0 Å². The van der Waals surface area contributed by atoms with Crippen molar-refractivity contribution in [3.63, 3.8) is 0 Å². The van der Waals surface area contributed by atoms with Gasteiger partial charge in [0.25, 0.3) is 0 Å². The van der Waals surface area contributed by atoms with Crippen molar-refractivity contribution in [2.45, 2.75) is 45.4 Å². The number of amides is 1. The van der Waals surface area contributed by atoms with Crippen LogP contribution in [0.3, 0.4) is 0 Å². The molecule has 0 aromatic heterocycles. The first-order valence-electron chi connectivity index (χ1n) is 8.74. The molecule has 0 heterocycles. The zero-order valence-electron chi connectivity index (χ0n) is 15.7. The molecule has 24 heavy (non-hydrogen) atoms. The molecule has 1 aliphatic rings. The average Bonchev–Trinajstić information content (AvgIpc) is 2.50. The Kier molecular flexibility index (Phi) is 12.4. The fraction of sp³-hybridized carbons (Fsp3) is 0.882. The summed E-state index contributed by atoms with van der Waals surface area (Å²) in [5.41, 5.74) is 0.328. The van der Waals surface area contributed by atoms with Gasteiger partial charge in [0.1, 0.15) is 6.54 Å². The van der Waals surface area contributed by atoms with Gasteiger partial charge in [-0.25, -0.2) is 4.99 Å². The quantitative estimate of drug-likeness (QED) is 0.230. The van der Waals surface area contributed by atoms with E-state index in [0.717, 1.165) is 44.9 Å². The Bertz CT molecular complexity index is 385. The number of nitrogens with one attached hydrogen (secondary N) is 2. The summed E-state index contributed by atoms with van der Waals surface area (Å²) in [5.74, 6) is 0.761. The smallest absolute Gasteiger partial charge is 0.243 e. The number of methoxy groups -OCH3 is 1. The van der Waals surface area contributed by atoms with Crippen molar-refractivity contribution in [2.75, 3.05) is 47.4 Å². The Morgan fingerprint density at radius 2 is 2.00 bits per heavy atom. The molecule has 0 radical (unpaired) electrons. The number of guanidine groups is 1. The Balaban J connectivity index is 0.00000529. The first-order valence-corrected chi connectivity index (χ1v) is 8.74. The second-order valence-electron chi connectivity index (χ2n) is 6.68. The van der Waals surface area contributed by atoms with Gasteiger partial charge in [0.15, 0.2) is 5.96 Å². The zero-order valence-corrected chi connectivity index (χ0v) is 18.0. The summed E-state index contributed by atoms with van der Waals surface area (Å²) < 4.78 is 5.24. The van der Waals surface area contributed by atoms with Crippen LogP contribution in [0.15, 0.2) is 4.99 Å². The van der Waals surface area contributed by atoms with E-state index in [9.17, 15) is 4.79 Å². The van der Waals surface area contributed by atoms with Gasteiger partial charge in [0.2, 0.25) is 5.91 Å². The number of carbonyl (C=O) groups is 1. The van der Waals surface area contributed by atoms with E-state index in [1.807, 2.05) is 0 Å². The number of hydrogen-bond donors (Lipinski definition) is 2. The molecule has 0 unspecified atom stereocenters. The second-order valence-corrected chi connectivity index (χ2v) is 6.68. The minimum atomic E-state index is 0. The maximum absolute atomic E-state index is 11.7. The number of halogens is 1. The van der Waals surface area contributed by atoms with E-state index in [1.54, 1.807) is 26.1 Å². The van der Waals surface area contributed by atoms with Crippen LogP contribution in [-0.4, -0.2) is 64.2 Å². The van der Waals surface area contributed by atoms with Crippen LogP contribution in [0, 0.1) is 5.41 Å². The molecule has 7 heteroatoms. The third-order valence-electron chi connectivity index (χ3n) is 4.58. The Morgan fingerprint density at radius 1 is 1.29 bits per heavy atom. The largest absolute Gasteiger partial charge is 0.385 e. The van der Waals surface area contributed by atoms with Crippen molar-refractivity contribution < 1.29 is 9.53 Å². The van der Waals surface area contributed by atoms with Crippen LogP contribution in [0.5, 0.6) is 0 Å². The fourth-order valence-corrected chi connectivity index (χ4v) is 2.63. The van der Waals surface area contributed by atoms with Crippen LogP contribution in [0.25, 0.3) is 0 Å². The number of ether oxygens (including phenoxy) is 1. The molecule has 1 fully saturated rings. The number of nitrogens with zero attached hydrogens (tertiary/aromatic N) is 2. The number of likely N-dealkylation sites (N-methyl/N-ethyl adjacent to an activating group) is 1. The maximum Gasteiger partial charge on any atom is 0.243 e. The fourth-order valence-electron chi connectivity index (χ4n) is 2.63. The average molecular weight is 454 g/mol. The first-order chi connectivity index (χ1) is 11.0. The first kappa shape index (κ1) is 23.4. The number of rotatable bonds is 10. The lowest BCUT2D eigenvalue weighted by molar-refractivity contribution is -0.127. The summed E-state index contributed by atoms with van der Waals surface area (Å²) in [6, 6.07) is 0. The molecule has 1 saturated carbocycles. The van der Waals surface area contributed by atoms with Crippen molar-refractivity contribution in [1.82, 2.24) is 15.5 Å². The zero-order chi connectivity index (χ0) is 17.1. The van der Waals surface area contributed by atoms with Crippen LogP contribution < -0.4 is 10.6 Å². The van der Waals surface area contributed by atoms with Gasteiger partial charge in [0, 0.05) is 40.9 Å². The molecule has 0 aliphatic heterocycles. The highest BCUT2D eigenvalue weighted by Crippen LogP contribution is 2.43. The summed E-state index contributed by atoms with van der Waals surface area (Å²) in [6.07, 6.45) is 7.08. The minimum Gasteiger partial charge on any atom is -0.385 e. The Labute approximate surface area is 164 Å². The summed E-state index contributed by atoms with van der Waals surface area (Å²) in [5, 5.41) is 6.77. The van der Waals surface area contributed by atoms with E-state index >= 15 is 0 Å². The van der Waals surface area contributed by atoms with E-state index in [4.69, 9.17) is 4.74 Å². The van der Waals surface area contributed by atoms with E-state index in [1.165, 1.54) is 19.3 Å². The second kappa shape index (κ2) is 12.7. The van der Waals surface area contributed by atoms with E-state index in [-0.39, 0.29) is 36.4 Å². The SMILES string of the molecule is CCCCNC(=NCC(=O)N(C)C)NCC1(CCOC)CCC1.I. The predicted molar refractivity (Wildman–Crippen MR) is 110 cm³/mol. The van der Waals surface area contributed by atoms with Crippen molar-refractivity contribution in [3.05, 3.63) is 0 Å². The molecule has 0 aromatic carbocycles. The van der Waals surface area contributed by atoms with Crippen LogP contribution in [0.2, 0.25) is 0 Å². The highest BCUT2D eigenvalue weighted by Gasteiger charge is 2.36. The summed E-state index contributed by atoms with van der Waals surface area (Å²) in [4.78, 5) is 17.7. The van der Waals surface area contributed by atoms with Gasteiger partial charge in [-0.05, 0) is 31.1 Å². The summed E-state index contributed by atoms with van der Waals surface area (Å²) in [7, 11) is 5.26. The number of hydrogen-bond acceptors (Lipinski definition) is 3. The molecule has 2 N–H and O–H groups in total. The third-order valence-corrected chi connectivity index (χ3v) is 4.58. The lowest BCUT2D eigenvalue weighted by Crippen LogP contribution is -2.47. The molecular weight excluding hydrogens is 419 g/mol. The van der Waals surface area contributed by atoms with Gasteiger partial charge in [-0.3, -0.25) is 4.79 Å². The van der Waals surface area contributed by atoms with Gasteiger partial charge >= 0.3 is 0 Å². The molecule has 0 spiro atoms. The van der Waals surface area contributed by atoms with Crippen molar-refractivity contribution >= 4 is 35.8 Å². The number of unbranched alkanes of at least 4 members (excludes halogenated alkanes) is 1. The Hall–Kier alpha value is -0.570. The van der Waals surface area contributed by atoms with Crippen molar-refractivity contribution in [1.29, 1.82) is 0 Å². The summed E-state index contributed by atoms with van der Waals surface area (Å²) >= 11 is 0. The van der Waals surface area contributed by atoms with Crippen LogP contribution in [-0.2, 0) is 9.53 Å². The normalized spacial score (nSPS) is 15.9. The van der Waals surface area contributed by atoms with E-state index < -0.39 is 0 Å². The summed E-state index contributed by atoms with van der Waals surface area (Å²) in [6.45, 7) is 4.92. The van der Waals surface area contributed by atoms with Crippen molar-refractivity contribution in [2.24, 2.45) is 10.4 Å². The molecule has 1 rings (SSSR count). The van der Waals surface area contributed by atoms with Gasteiger partial charge in [-0.2, -0.15) is 0 Å². The molecule has 6 nitrogen and oxygen atoms in total. The van der Waals surface area contributed by atoms with Gasteiger partial charge in [-0.1, -0.05) is 19.8 Å². The minimum absolute atomic E-state index is 0. The lowest BCUT2D eigenvalue weighted by Gasteiger charge is -2.42. The van der Waals surface area contributed by atoms with Gasteiger partial charge < -0.3 is 20.3 Å². The van der Waals surface area contributed by atoms with E-state index in [0.29, 0.717) is 5.41 Å². The monoisotopic (exact) mass is 454 g/mol. The predicted octanol–water partition coefficient (Wildman–Crippen LogP) is 2.23. The van der Waals surface area contributed by atoms with Gasteiger partial charge in [0.05, 0.1) is 0 Å². The topological polar surface area (TPSA) is 66.0 Å². The molecule has 0 saturated heterocycles. The molecular formula is C17H35IN4O2.